The van der Waals surface area contributed by atoms with Crippen LogP contribution < -0.4 is 5.32 Å². The van der Waals surface area contributed by atoms with Crippen molar-refractivity contribution in [1.82, 2.24) is 5.32 Å². The van der Waals surface area contributed by atoms with Gasteiger partial charge < -0.3 is 19.5 Å². The first-order valence-electron chi connectivity index (χ1n) is 10.8. The topological polar surface area (TPSA) is 125 Å². The number of hydrogen-bond donors (Lipinski definition) is 1. The molecule has 3 fully saturated rings. The van der Waals surface area contributed by atoms with Crippen LogP contribution in [0.5, 0.6) is 0 Å². The van der Waals surface area contributed by atoms with E-state index < -0.39 is 64.6 Å². The summed E-state index contributed by atoms with van der Waals surface area (Å²) in [5, 5.41) is 2.67. The van der Waals surface area contributed by atoms with Gasteiger partial charge in [-0.15, -0.1) is 0 Å². The molecule has 1 saturated heterocycles. The third-order valence-corrected chi connectivity index (χ3v) is 7.54. The highest BCUT2D eigenvalue weighted by Crippen LogP contribution is 2.64. The maximum Gasteiger partial charge on any atom is 0.310 e. The van der Waals surface area contributed by atoms with Gasteiger partial charge in [-0.05, 0) is 30.6 Å². The van der Waals surface area contributed by atoms with Crippen LogP contribution in [0.4, 0.5) is 0 Å². The molecule has 0 aromatic heterocycles. The number of ketones is 1. The Morgan fingerprint density at radius 3 is 2.45 bits per heavy atom. The Bertz CT molecular complexity index is 809. The summed E-state index contributed by atoms with van der Waals surface area (Å²) in [4.78, 5) is 63.4. The largest absolute Gasteiger partial charge is 0.469 e. The average molecular weight is 437 g/mol. The first-order valence-corrected chi connectivity index (χ1v) is 10.8. The predicted molar refractivity (Wildman–Crippen MR) is 106 cm³/mol. The van der Waals surface area contributed by atoms with Crippen molar-refractivity contribution < 1.29 is 38.2 Å². The summed E-state index contributed by atoms with van der Waals surface area (Å²) in [5.41, 5.74) is -1.73. The first-order chi connectivity index (χ1) is 14.5. The minimum Gasteiger partial charge on any atom is -0.469 e. The lowest BCUT2D eigenvalue weighted by atomic mass is 9.43. The maximum absolute atomic E-state index is 13.6. The van der Waals surface area contributed by atoms with Crippen molar-refractivity contribution in [3.63, 3.8) is 0 Å². The van der Waals surface area contributed by atoms with Gasteiger partial charge in [0.1, 0.15) is 0 Å². The first kappa shape index (κ1) is 23.2. The number of amides is 1. The van der Waals surface area contributed by atoms with Crippen LogP contribution in [-0.4, -0.2) is 55.5 Å². The van der Waals surface area contributed by atoms with Crippen molar-refractivity contribution in [2.45, 2.75) is 65.6 Å². The second-order valence-electron chi connectivity index (χ2n) is 9.37. The van der Waals surface area contributed by atoms with Crippen molar-refractivity contribution in [2.24, 2.45) is 28.6 Å². The highest BCUT2D eigenvalue weighted by atomic mass is 16.6. The molecule has 1 heterocycles. The summed E-state index contributed by atoms with van der Waals surface area (Å²) in [6.45, 7) is 7.03. The fraction of sp³-hybridized carbons (Fsp3) is 0.773. The van der Waals surface area contributed by atoms with Crippen molar-refractivity contribution in [2.75, 3.05) is 13.7 Å². The van der Waals surface area contributed by atoms with E-state index in [0.717, 1.165) is 0 Å². The highest BCUT2D eigenvalue weighted by molar-refractivity contribution is 5.94. The van der Waals surface area contributed by atoms with Gasteiger partial charge in [0.2, 0.25) is 0 Å². The molecule has 1 N–H and O–H groups in total. The highest BCUT2D eigenvalue weighted by Gasteiger charge is 2.68. The quantitative estimate of drug-likeness (QED) is 0.513. The molecule has 172 valence electrons. The van der Waals surface area contributed by atoms with Crippen LogP contribution in [0.15, 0.2) is 0 Å². The minimum absolute atomic E-state index is 0.0447. The monoisotopic (exact) mass is 437 g/mol. The predicted octanol–water partition coefficient (Wildman–Crippen LogP) is 1.17. The molecule has 9 nitrogen and oxygen atoms in total. The minimum atomic E-state index is -1.10. The normalized spacial score (nSPS) is 39.5. The molecule has 2 aliphatic carbocycles. The van der Waals surface area contributed by atoms with E-state index in [1.54, 1.807) is 6.92 Å². The molecule has 0 aromatic rings. The van der Waals surface area contributed by atoms with Gasteiger partial charge in [-0.25, -0.2) is 0 Å². The molecule has 9 heteroatoms. The fourth-order valence-electron chi connectivity index (χ4n) is 6.25. The fourth-order valence-corrected chi connectivity index (χ4v) is 6.25. The van der Waals surface area contributed by atoms with E-state index in [-0.39, 0.29) is 18.6 Å². The number of Topliss-reactive ketones (excluding diaryl/α,β-unsaturated/α-hetero) is 1. The van der Waals surface area contributed by atoms with E-state index in [4.69, 9.17) is 14.2 Å². The second-order valence-corrected chi connectivity index (χ2v) is 9.37. The smallest absolute Gasteiger partial charge is 0.310 e. The average Bonchev–Trinajstić information content (AvgIpc) is 2.68. The Balaban J connectivity index is 2.08. The lowest BCUT2D eigenvalue weighted by Gasteiger charge is -2.60. The van der Waals surface area contributed by atoms with Crippen molar-refractivity contribution in [3.8, 4) is 0 Å². The van der Waals surface area contributed by atoms with Crippen LogP contribution in [0.1, 0.15) is 53.4 Å². The van der Waals surface area contributed by atoms with Gasteiger partial charge in [0.25, 0.3) is 5.91 Å². The van der Waals surface area contributed by atoms with Crippen molar-refractivity contribution >= 4 is 29.6 Å². The number of nitrogens with one attached hydrogen (secondary N) is 1. The summed E-state index contributed by atoms with van der Waals surface area (Å²) < 4.78 is 15.8. The molecule has 0 bridgehead atoms. The van der Waals surface area contributed by atoms with Crippen LogP contribution in [0, 0.1) is 28.6 Å². The molecule has 3 aliphatic rings. The van der Waals surface area contributed by atoms with Crippen LogP contribution in [-0.2, 0) is 38.2 Å². The van der Waals surface area contributed by atoms with Gasteiger partial charge in [-0.3, -0.25) is 24.0 Å². The third kappa shape index (κ3) is 3.72. The number of hydrogen-bond acceptors (Lipinski definition) is 8. The summed E-state index contributed by atoms with van der Waals surface area (Å²) in [6, 6.07) is 0. The Kier molecular flexibility index (Phi) is 6.17. The number of ether oxygens (including phenoxy) is 3. The van der Waals surface area contributed by atoms with Crippen LogP contribution >= 0.6 is 0 Å². The van der Waals surface area contributed by atoms with E-state index >= 15 is 0 Å². The van der Waals surface area contributed by atoms with E-state index in [1.165, 1.54) is 14.0 Å². The van der Waals surface area contributed by atoms with Crippen LogP contribution in [0.3, 0.4) is 0 Å². The number of rotatable bonds is 4. The zero-order valence-corrected chi connectivity index (χ0v) is 18.7. The van der Waals surface area contributed by atoms with Gasteiger partial charge in [-0.2, -0.15) is 0 Å². The molecule has 7 atom stereocenters. The van der Waals surface area contributed by atoms with E-state index in [0.29, 0.717) is 19.4 Å². The van der Waals surface area contributed by atoms with Gasteiger partial charge in [0, 0.05) is 32.2 Å². The third-order valence-electron chi connectivity index (χ3n) is 7.54. The van der Waals surface area contributed by atoms with Gasteiger partial charge in [0.15, 0.2) is 18.0 Å². The van der Waals surface area contributed by atoms with E-state index in [2.05, 4.69) is 5.32 Å². The molecule has 0 radical (unpaired) electrons. The molecule has 0 aromatic carbocycles. The number of cyclic esters (lactones) is 1. The van der Waals surface area contributed by atoms with Crippen LogP contribution in [0.25, 0.3) is 0 Å². The Hall–Kier alpha value is -2.45. The summed E-state index contributed by atoms with van der Waals surface area (Å²) in [6.07, 6.45) is -1.04. The summed E-state index contributed by atoms with van der Waals surface area (Å²) in [5.74, 6) is -4.36. The van der Waals surface area contributed by atoms with Crippen molar-refractivity contribution in [1.29, 1.82) is 0 Å². The number of carbonyl (C=O) groups excluding carboxylic acids is 5. The molecule has 1 aliphatic heterocycles. The molecular weight excluding hydrogens is 406 g/mol. The second kappa shape index (κ2) is 8.24. The van der Waals surface area contributed by atoms with Crippen LogP contribution in [0.2, 0.25) is 0 Å². The number of likely N-dealkylation sites (N-methyl/N-ethyl adjacent to an activating group) is 1. The molecule has 0 unspecified atom stereocenters. The SMILES string of the molecule is CCNC(=O)[C@@H]1C[C@]2(C)[C@H]3C(=O)[C@@H](OC(C)=O)C[C@@H](C(=O)OC)[C@]3(C)CC[C@H]2C(=O)O1. The van der Waals surface area contributed by atoms with Gasteiger partial charge in [0.05, 0.1) is 18.9 Å². The van der Waals surface area contributed by atoms with E-state index in [9.17, 15) is 24.0 Å². The number of esters is 3. The Morgan fingerprint density at radius 2 is 1.87 bits per heavy atom. The summed E-state index contributed by atoms with van der Waals surface area (Å²) >= 11 is 0. The molecule has 31 heavy (non-hydrogen) atoms. The Labute approximate surface area is 181 Å². The molecule has 2 saturated carbocycles. The number of carbonyl (C=O) groups is 5. The molecule has 1 amide bonds. The Morgan fingerprint density at radius 1 is 1.19 bits per heavy atom. The van der Waals surface area contributed by atoms with E-state index in [1.807, 2.05) is 13.8 Å². The van der Waals surface area contributed by atoms with Gasteiger partial charge >= 0.3 is 17.9 Å². The lowest BCUT2D eigenvalue weighted by Crippen LogP contribution is -2.66. The number of fused-ring (bicyclic) bond motifs is 3. The lowest BCUT2D eigenvalue weighted by molar-refractivity contribution is -0.210. The molecule has 0 spiro atoms. The summed E-state index contributed by atoms with van der Waals surface area (Å²) in [7, 11) is 1.29. The van der Waals surface area contributed by atoms with Crippen molar-refractivity contribution in [3.05, 3.63) is 0 Å². The zero-order valence-electron chi connectivity index (χ0n) is 18.7. The molecule has 3 rings (SSSR count). The maximum atomic E-state index is 13.6. The van der Waals surface area contributed by atoms with Gasteiger partial charge in [-0.1, -0.05) is 13.8 Å². The number of methoxy groups -OCH3 is 1. The standard InChI is InChI=1S/C22H31NO8/c1-6-23-18(26)15-10-22(4)12(20(28)31-15)7-8-21(3)13(19(27)29-5)9-14(30-11(2)24)16(25)17(21)22/h12-15,17H,6-10H2,1-5H3,(H,23,26)/t12-,13-,14-,15-,17-,21-,22-/m0/s1. The molecular formula is C22H31NO8. The zero-order chi connectivity index (χ0) is 23.1.